The van der Waals surface area contributed by atoms with Crippen LogP contribution in [0, 0.1) is 0 Å². The molecule has 0 aliphatic carbocycles. The normalized spacial score (nSPS) is 14.8. The first-order valence-corrected chi connectivity index (χ1v) is 7.45. The quantitative estimate of drug-likeness (QED) is 0.533. The molecule has 2 unspecified atom stereocenters. The van der Waals surface area contributed by atoms with Crippen LogP contribution < -0.4 is 0 Å². The average molecular weight is 399 g/mol. The highest BCUT2D eigenvalue weighted by Gasteiger charge is 2.14. The zero-order chi connectivity index (χ0) is 12.0. The molecule has 0 amide bonds. The van der Waals surface area contributed by atoms with Gasteiger partial charge in [-0.3, -0.25) is 0 Å². The second kappa shape index (κ2) is 7.63. The Morgan fingerprint density at radius 3 is 2.44 bits per heavy atom. The molecular weight excluding hydrogens is 383 g/mol. The van der Waals surface area contributed by atoms with E-state index in [0.717, 1.165) is 8.90 Å². The lowest BCUT2D eigenvalue weighted by Gasteiger charge is -2.20. The fraction of sp³-hybridized carbons (Fsp3) is 0.500. The van der Waals surface area contributed by atoms with Crippen molar-refractivity contribution in [2.45, 2.75) is 19.1 Å². The molecule has 0 bridgehead atoms. The molecule has 4 heteroatoms. The standard InChI is InChI=1S/C12H16BrIO2/c1-9(8-15-2)16-12(7-14)10-3-5-11(13)6-4-10/h3-6,9,12H,7-8H2,1-2H3. The molecule has 1 aromatic carbocycles. The van der Waals surface area contributed by atoms with E-state index in [1.165, 1.54) is 5.56 Å². The van der Waals surface area contributed by atoms with E-state index in [0.29, 0.717) is 6.61 Å². The molecule has 0 saturated heterocycles. The van der Waals surface area contributed by atoms with E-state index in [1.54, 1.807) is 7.11 Å². The molecule has 0 heterocycles. The summed E-state index contributed by atoms with van der Waals surface area (Å²) in [6.45, 7) is 2.66. The third-order valence-electron chi connectivity index (χ3n) is 2.18. The van der Waals surface area contributed by atoms with E-state index in [1.807, 2.05) is 19.1 Å². The third-order valence-corrected chi connectivity index (χ3v) is 3.51. The van der Waals surface area contributed by atoms with Gasteiger partial charge in [-0.25, -0.2) is 0 Å². The van der Waals surface area contributed by atoms with E-state index >= 15 is 0 Å². The first kappa shape index (κ1) is 14.4. The Labute approximate surface area is 119 Å². The lowest BCUT2D eigenvalue weighted by atomic mass is 10.1. The zero-order valence-electron chi connectivity index (χ0n) is 9.45. The third kappa shape index (κ3) is 4.69. The van der Waals surface area contributed by atoms with Gasteiger partial charge in [-0.05, 0) is 24.6 Å². The molecule has 0 aliphatic rings. The van der Waals surface area contributed by atoms with Gasteiger partial charge in [0.1, 0.15) is 0 Å². The zero-order valence-corrected chi connectivity index (χ0v) is 13.2. The van der Waals surface area contributed by atoms with Gasteiger partial charge in [0.15, 0.2) is 0 Å². The Hall–Kier alpha value is 0.350. The topological polar surface area (TPSA) is 18.5 Å². The summed E-state index contributed by atoms with van der Waals surface area (Å²) in [6, 6.07) is 8.26. The molecule has 0 aliphatic heterocycles. The molecule has 2 atom stereocenters. The van der Waals surface area contributed by atoms with E-state index in [2.05, 4.69) is 50.7 Å². The van der Waals surface area contributed by atoms with Crippen molar-refractivity contribution in [3.63, 3.8) is 0 Å². The largest absolute Gasteiger partial charge is 0.382 e. The second-order valence-electron chi connectivity index (χ2n) is 3.60. The van der Waals surface area contributed by atoms with Gasteiger partial charge in [0.25, 0.3) is 0 Å². The molecule has 0 radical (unpaired) electrons. The van der Waals surface area contributed by atoms with E-state index in [9.17, 15) is 0 Å². The SMILES string of the molecule is COCC(C)OC(CI)c1ccc(Br)cc1. The van der Waals surface area contributed by atoms with Crippen molar-refractivity contribution in [1.29, 1.82) is 0 Å². The lowest BCUT2D eigenvalue weighted by Crippen LogP contribution is -2.19. The van der Waals surface area contributed by atoms with Crippen LogP contribution in [0.2, 0.25) is 0 Å². The molecule has 0 saturated carbocycles. The van der Waals surface area contributed by atoms with E-state index in [4.69, 9.17) is 9.47 Å². The van der Waals surface area contributed by atoms with Gasteiger partial charge in [0.2, 0.25) is 0 Å². The number of hydrogen-bond donors (Lipinski definition) is 0. The molecule has 2 nitrogen and oxygen atoms in total. The van der Waals surface area contributed by atoms with Gasteiger partial charge >= 0.3 is 0 Å². The van der Waals surface area contributed by atoms with Crippen molar-refractivity contribution >= 4 is 38.5 Å². The van der Waals surface area contributed by atoms with Crippen LogP contribution in [0.1, 0.15) is 18.6 Å². The summed E-state index contributed by atoms with van der Waals surface area (Å²) in [6.07, 6.45) is 0.257. The predicted molar refractivity (Wildman–Crippen MR) is 78.2 cm³/mol. The van der Waals surface area contributed by atoms with Crippen molar-refractivity contribution in [3.8, 4) is 0 Å². The van der Waals surface area contributed by atoms with Crippen LogP contribution in [0.5, 0.6) is 0 Å². The number of alkyl halides is 1. The minimum absolute atomic E-state index is 0.119. The number of methoxy groups -OCH3 is 1. The summed E-state index contributed by atoms with van der Waals surface area (Å²) in [4.78, 5) is 0. The van der Waals surface area contributed by atoms with Crippen molar-refractivity contribution in [2.24, 2.45) is 0 Å². The summed E-state index contributed by atoms with van der Waals surface area (Å²) in [5.74, 6) is 0. The van der Waals surface area contributed by atoms with Crippen LogP contribution in [0.25, 0.3) is 0 Å². The van der Waals surface area contributed by atoms with Crippen LogP contribution in [0.3, 0.4) is 0 Å². The highest BCUT2D eigenvalue weighted by atomic mass is 127. The van der Waals surface area contributed by atoms with Crippen molar-refractivity contribution < 1.29 is 9.47 Å². The van der Waals surface area contributed by atoms with Gasteiger partial charge in [-0.2, -0.15) is 0 Å². The van der Waals surface area contributed by atoms with Crippen molar-refractivity contribution in [3.05, 3.63) is 34.3 Å². The highest BCUT2D eigenvalue weighted by molar-refractivity contribution is 14.1. The smallest absolute Gasteiger partial charge is 0.0919 e. The average Bonchev–Trinajstić information content (AvgIpc) is 2.27. The maximum absolute atomic E-state index is 5.92. The number of ether oxygens (including phenoxy) is 2. The number of rotatable bonds is 6. The maximum atomic E-state index is 5.92. The van der Waals surface area contributed by atoms with Gasteiger partial charge in [-0.15, -0.1) is 0 Å². The monoisotopic (exact) mass is 398 g/mol. The van der Waals surface area contributed by atoms with Crippen LogP contribution >= 0.6 is 38.5 Å². The Balaban J connectivity index is 2.63. The maximum Gasteiger partial charge on any atom is 0.0919 e. The van der Waals surface area contributed by atoms with Gasteiger partial charge in [0, 0.05) is 16.0 Å². The molecule has 0 spiro atoms. The summed E-state index contributed by atoms with van der Waals surface area (Å²) in [7, 11) is 1.69. The van der Waals surface area contributed by atoms with Crippen LogP contribution in [0.4, 0.5) is 0 Å². The number of hydrogen-bond acceptors (Lipinski definition) is 2. The highest BCUT2D eigenvalue weighted by Crippen LogP contribution is 2.23. The van der Waals surface area contributed by atoms with Gasteiger partial charge in [0.05, 0.1) is 18.8 Å². The second-order valence-corrected chi connectivity index (χ2v) is 5.39. The van der Waals surface area contributed by atoms with Gasteiger partial charge < -0.3 is 9.47 Å². The van der Waals surface area contributed by atoms with Crippen LogP contribution in [-0.2, 0) is 9.47 Å². The minimum atomic E-state index is 0.119. The Kier molecular flexibility index (Phi) is 6.87. The fourth-order valence-electron chi connectivity index (χ4n) is 1.44. The fourth-order valence-corrected chi connectivity index (χ4v) is 2.42. The predicted octanol–water partition coefficient (Wildman–Crippen LogP) is 3.98. The lowest BCUT2D eigenvalue weighted by molar-refractivity contribution is -0.0291. The first-order chi connectivity index (χ1) is 7.67. The summed E-state index contributed by atoms with van der Waals surface area (Å²) < 4.78 is 13.0. The van der Waals surface area contributed by atoms with E-state index in [-0.39, 0.29) is 12.2 Å². The van der Waals surface area contributed by atoms with Crippen LogP contribution in [0.15, 0.2) is 28.7 Å². The Morgan fingerprint density at radius 2 is 1.94 bits per heavy atom. The first-order valence-electron chi connectivity index (χ1n) is 5.13. The molecule has 1 rings (SSSR count). The number of benzene rings is 1. The summed E-state index contributed by atoms with van der Waals surface area (Å²) in [5.41, 5.74) is 1.21. The van der Waals surface area contributed by atoms with E-state index < -0.39 is 0 Å². The Bertz CT molecular complexity index is 302. The summed E-state index contributed by atoms with van der Waals surface area (Å²) in [5, 5.41) is 0. The molecule has 1 aromatic rings. The summed E-state index contributed by atoms with van der Waals surface area (Å²) >= 11 is 5.78. The Morgan fingerprint density at radius 1 is 1.31 bits per heavy atom. The minimum Gasteiger partial charge on any atom is -0.382 e. The van der Waals surface area contributed by atoms with Crippen molar-refractivity contribution in [1.82, 2.24) is 0 Å². The van der Waals surface area contributed by atoms with Crippen molar-refractivity contribution in [2.75, 3.05) is 18.1 Å². The molecule has 90 valence electrons. The number of halogens is 2. The molecular formula is C12H16BrIO2. The molecule has 0 N–H and O–H groups in total. The van der Waals surface area contributed by atoms with Crippen LogP contribution in [-0.4, -0.2) is 24.2 Å². The molecule has 16 heavy (non-hydrogen) atoms. The van der Waals surface area contributed by atoms with Gasteiger partial charge in [-0.1, -0.05) is 50.7 Å². The molecule has 0 fully saturated rings. The molecule has 0 aromatic heterocycles.